The summed E-state index contributed by atoms with van der Waals surface area (Å²) in [6.07, 6.45) is 1.62. The van der Waals surface area contributed by atoms with Gasteiger partial charge >= 0.3 is 16.2 Å². The van der Waals surface area contributed by atoms with Gasteiger partial charge in [0, 0.05) is 25.2 Å². The van der Waals surface area contributed by atoms with Crippen molar-refractivity contribution in [3.05, 3.63) is 23.8 Å². The minimum Gasteiger partial charge on any atom is -0.484 e. The van der Waals surface area contributed by atoms with Crippen LogP contribution < -0.4 is 14.8 Å². The minimum atomic E-state index is -4.01. The highest BCUT2D eigenvalue weighted by atomic mass is 32.2. The summed E-state index contributed by atoms with van der Waals surface area (Å²) in [6.45, 7) is -0.220. The maximum Gasteiger partial charge on any atom is 0.308 e. The van der Waals surface area contributed by atoms with Gasteiger partial charge in [-0.15, -0.1) is 0 Å². The predicted molar refractivity (Wildman–Crippen MR) is 102 cm³/mol. The number of methoxy groups -OCH3 is 1. The molecule has 1 aromatic carbocycles. The molecule has 2 aliphatic rings. The summed E-state index contributed by atoms with van der Waals surface area (Å²) in [5.41, 5.74) is 1.60. The van der Waals surface area contributed by atoms with Crippen molar-refractivity contribution in [2.45, 2.75) is 25.7 Å². The summed E-state index contributed by atoms with van der Waals surface area (Å²) < 4.78 is 37.9. The zero-order valence-electron chi connectivity index (χ0n) is 16.0. The average Bonchev–Trinajstić information content (AvgIpc) is 2.71. The van der Waals surface area contributed by atoms with E-state index in [9.17, 15) is 22.8 Å². The third-order valence-corrected chi connectivity index (χ3v) is 6.44. The fourth-order valence-corrected chi connectivity index (χ4v) is 4.50. The van der Waals surface area contributed by atoms with Crippen LogP contribution in [0.15, 0.2) is 18.2 Å². The number of ether oxygens (including phenoxy) is 2. The number of hydrogen-bond acceptors (Lipinski definition) is 7. The molecule has 158 valence electrons. The Balaban J connectivity index is 1.50. The second-order valence-electron chi connectivity index (χ2n) is 6.88. The second-order valence-corrected chi connectivity index (χ2v) is 8.55. The topological polar surface area (TPSA) is 131 Å². The molecule has 0 unspecified atom stereocenters. The lowest BCUT2D eigenvalue weighted by Crippen LogP contribution is -2.48. The number of carbonyl (C=O) groups excluding carboxylic acids is 3. The molecule has 2 amide bonds. The predicted octanol–water partition coefficient (Wildman–Crippen LogP) is 0.196. The lowest BCUT2D eigenvalue weighted by molar-refractivity contribution is -0.146. The van der Waals surface area contributed by atoms with E-state index in [1.807, 2.05) is 4.72 Å². The first kappa shape index (κ1) is 21.1. The Hall–Kier alpha value is -2.66. The standard InChI is InChI=1S/C18H23N3O7S/c1-27-18(24)12-6-8-21(9-7-12)29(25,26)20-17(23)11-28-14-3-4-15-13(10-14)2-5-16(22)19-15/h3-4,10,12H,2,5-9,11H2,1H3,(H,19,22)(H,20,23). The van der Waals surface area contributed by atoms with Crippen molar-refractivity contribution < 1.29 is 32.3 Å². The number of benzene rings is 1. The summed E-state index contributed by atoms with van der Waals surface area (Å²) in [5.74, 6) is -1.13. The van der Waals surface area contributed by atoms with Crippen molar-refractivity contribution in [2.75, 3.05) is 32.1 Å². The normalized spacial score (nSPS) is 17.8. The van der Waals surface area contributed by atoms with E-state index < -0.39 is 22.7 Å². The number of anilines is 1. The number of rotatable bonds is 6. The number of amides is 2. The van der Waals surface area contributed by atoms with Crippen LogP contribution >= 0.6 is 0 Å². The maximum atomic E-state index is 12.4. The van der Waals surface area contributed by atoms with Crippen LogP contribution in [0, 0.1) is 5.92 Å². The van der Waals surface area contributed by atoms with Crippen LogP contribution in [0.25, 0.3) is 0 Å². The van der Waals surface area contributed by atoms with Gasteiger partial charge in [0.2, 0.25) is 5.91 Å². The van der Waals surface area contributed by atoms with Crippen molar-refractivity contribution in [2.24, 2.45) is 5.92 Å². The Morgan fingerprint density at radius 2 is 1.97 bits per heavy atom. The van der Waals surface area contributed by atoms with E-state index in [1.165, 1.54) is 7.11 Å². The van der Waals surface area contributed by atoms with Crippen LogP contribution in [0.5, 0.6) is 5.75 Å². The molecular weight excluding hydrogens is 402 g/mol. The van der Waals surface area contributed by atoms with E-state index in [2.05, 4.69) is 10.1 Å². The Morgan fingerprint density at radius 3 is 2.66 bits per heavy atom. The zero-order chi connectivity index (χ0) is 21.0. The smallest absolute Gasteiger partial charge is 0.308 e. The van der Waals surface area contributed by atoms with E-state index >= 15 is 0 Å². The molecule has 2 N–H and O–H groups in total. The van der Waals surface area contributed by atoms with E-state index in [0.717, 1.165) is 9.87 Å². The van der Waals surface area contributed by atoms with Gasteiger partial charge in [-0.2, -0.15) is 12.7 Å². The summed E-state index contributed by atoms with van der Waals surface area (Å²) in [4.78, 5) is 35.0. The lowest BCUT2D eigenvalue weighted by Gasteiger charge is -2.29. The van der Waals surface area contributed by atoms with Crippen molar-refractivity contribution in [1.29, 1.82) is 0 Å². The molecule has 0 saturated carbocycles. The van der Waals surface area contributed by atoms with E-state index in [0.29, 0.717) is 37.1 Å². The summed E-state index contributed by atoms with van der Waals surface area (Å²) in [7, 11) is -2.71. The van der Waals surface area contributed by atoms with Crippen LogP contribution in [-0.4, -0.2) is 57.3 Å². The second kappa shape index (κ2) is 8.78. The number of piperidine rings is 1. The first-order chi connectivity index (χ1) is 13.8. The number of fused-ring (bicyclic) bond motifs is 1. The highest BCUT2D eigenvalue weighted by Gasteiger charge is 2.32. The van der Waals surface area contributed by atoms with Crippen LogP contribution in [0.2, 0.25) is 0 Å². The Morgan fingerprint density at radius 1 is 1.24 bits per heavy atom. The van der Waals surface area contributed by atoms with Gasteiger partial charge in [0.15, 0.2) is 6.61 Å². The van der Waals surface area contributed by atoms with Crippen molar-refractivity contribution >= 4 is 33.7 Å². The minimum absolute atomic E-state index is 0.0497. The molecule has 1 aromatic rings. The fourth-order valence-electron chi connectivity index (χ4n) is 3.33. The Bertz CT molecular complexity index is 908. The zero-order valence-corrected chi connectivity index (χ0v) is 16.8. The van der Waals surface area contributed by atoms with Gasteiger partial charge in [-0.05, 0) is 43.0 Å². The summed E-state index contributed by atoms with van der Waals surface area (Å²) >= 11 is 0. The largest absolute Gasteiger partial charge is 0.484 e. The van der Waals surface area contributed by atoms with Crippen LogP contribution in [-0.2, 0) is 35.8 Å². The van der Waals surface area contributed by atoms with Crippen LogP contribution in [0.3, 0.4) is 0 Å². The number of nitrogens with zero attached hydrogens (tertiary/aromatic N) is 1. The van der Waals surface area contributed by atoms with Gasteiger partial charge in [-0.1, -0.05) is 0 Å². The molecule has 0 aromatic heterocycles. The molecular formula is C18H23N3O7S. The first-order valence-corrected chi connectivity index (χ1v) is 10.7. The van der Waals surface area contributed by atoms with E-state index in [1.54, 1.807) is 18.2 Å². The first-order valence-electron chi connectivity index (χ1n) is 9.22. The molecule has 3 rings (SSSR count). The van der Waals surface area contributed by atoms with Gasteiger partial charge in [0.25, 0.3) is 5.91 Å². The highest BCUT2D eigenvalue weighted by molar-refractivity contribution is 7.87. The molecule has 2 heterocycles. The summed E-state index contributed by atoms with van der Waals surface area (Å²) in [6, 6.07) is 5.00. The van der Waals surface area contributed by atoms with Crippen molar-refractivity contribution in [1.82, 2.24) is 9.03 Å². The molecule has 11 heteroatoms. The lowest BCUT2D eigenvalue weighted by atomic mass is 9.99. The summed E-state index contributed by atoms with van der Waals surface area (Å²) in [5, 5.41) is 2.75. The van der Waals surface area contributed by atoms with Gasteiger partial charge in [-0.25, -0.2) is 4.72 Å². The molecule has 0 spiro atoms. The molecule has 2 aliphatic heterocycles. The quantitative estimate of drug-likeness (QED) is 0.622. The molecule has 29 heavy (non-hydrogen) atoms. The molecule has 0 atom stereocenters. The number of nitrogens with one attached hydrogen (secondary N) is 2. The molecule has 0 bridgehead atoms. The SMILES string of the molecule is COC(=O)C1CCN(S(=O)(=O)NC(=O)COc2ccc3c(c2)CCC(=O)N3)CC1. The van der Waals surface area contributed by atoms with E-state index in [-0.39, 0.29) is 30.9 Å². The fraction of sp³-hybridized carbons (Fsp3) is 0.500. The van der Waals surface area contributed by atoms with Gasteiger partial charge in [0.1, 0.15) is 5.75 Å². The van der Waals surface area contributed by atoms with Gasteiger partial charge in [0.05, 0.1) is 13.0 Å². The molecule has 0 radical (unpaired) electrons. The number of aryl methyl sites for hydroxylation is 1. The Labute approximate surface area is 168 Å². The molecule has 0 aliphatic carbocycles. The van der Waals surface area contributed by atoms with Crippen LogP contribution in [0.4, 0.5) is 5.69 Å². The Kier molecular flexibility index (Phi) is 6.38. The monoisotopic (exact) mass is 425 g/mol. The molecule has 10 nitrogen and oxygen atoms in total. The maximum absolute atomic E-state index is 12.4. The number of esters is 1. The van der Waals surface area contributed by atoms with Gasteiger partial charge in [-0.3, -0.25) is 14.4 Å². The number of carbonyl (C=O) groups is 3. The van der Waals surface area contributed by atoms with E-state index in [4.69, 9.17) is 4.74 Å². The number of hydrogen-bond donors (Lipinski definition) is 2. The molecule has 1 saturated heterocycles. The van der Waals surface area contributed by atoms with Crippen LogP contribution in [0.1, 0.15) is 24.8 Å². The third kappa shape index (κ3) is 5.24. The van der Waals surface area contributed by atoms with Gasteiger partial charge < -0.3 is 14.8 Å². The average molecular weight is 425 g/mol. The van der Waals surface area contributed by atoms with Crippen molar-refractivity contribution in [3.8, 4) is 5.75 Å². The molecule has 1 fully saturated rings. The highest BCUT2D eigenvalue weighted by Crippen LogP contribution is 2.26. The van der Waals surface area contributed by atoms with Crippen molar-refractivity contribution in [3.63, 3.8) is 0 Å². The third-order valence-electron chi connectivity index (χ3n) is 4.91.